The third-order valence-electron chi connectivity index (χ3n) is 8.33. The van der Waals surface area contributed by atoms with Crippen molar-refractivity contribution >= 4 is 0 Å². The molecule has 0 heteroatoms. The molecule has 0 aromatic rings. The summed E-state index contributed by atoms with van der Waals surface area (Å²) in [6, 6.07) is 0. The third kappa shape index (κ3) is 1.96. The van der Waals surface area contributed by atoms with E-state index in [0.29, 0.717) is 5.41 Å². The van der Waals surface area contributed by atoms with Crippen molar-refractivity contribution in [3.63, 3.8) is 0 Å². The van der Waals surface area contributed by atoms with Crippen molar-refractivity contribution in [1.29, 1.82) is 0 Å². The summed E-state index contributed by atoms with van der Waals surface area (Å²) in [6.07, 6.45) is 14.6. The van der Waals surface area contributed by atoms with E-state index in [2.05, 4.69) is 52.5 Å². The second-order valence-corrected chi connectivity index (χ2v) is 8.94. The minimum Gasteiger partial charge on any atom is -0.0998 e. The molecule has 0 spiro atoms. The normalized spacial score (nSPS) is 52.0. The molecule has 0 heterocycles. The van der Waals surface area contributed by atoms with Crippen molar-refractivity contribution in [2.75, 3.05) is 0 Å². The minimum atomic E-state index is 0.580. The minimum absolute atomic E-state index is 0.580. The van der Waals surface area contributed by atoms with Gasteiger partial charge < -0.3 is 0 Å². The molecule has 23 heavy (non-hydrogen) atoms. The molecule has 0 N–H and O–H groups in total. The highest BCUT2D eigenvalue weighted by Gasteiger charge is 2.69. The molecule has 0 amide bonds. The molecular formula is C23H34. The van der Waals surface area contributed by atoms with Gasteiger partial charge in [-0.1, -0.05) is 44.2 Å². The van der Waals surface area contributed by atoms with Crippen LogP contribution in [-0.2, 0) is 0 Å². The first kappa shape index (κ1) is 15.7. The van der Waals surface area contributed by atoms with Gasteiger partial charge in [-0.15, -0.1) is 0 Å². The highest BCUT2D eigenvalue weighted by Crippen LogP contribution is 2.75. The summed E-state index contributed by atoms with van der Waals surface area (Å²) >= 11 is 0. The second kappa shape index (κ2) is 5.36. The zero-order valence-corrected chi connectivity index (χ0v) is 15.5. The van der Waals surface area contributed by atoms with Gasteiger partial charge >= 0.3 is 0 Å². The first-order valence-electron chi connectivity index (χ1n) is 10.1. The van der Waals surface area contributed by atoms with Gasteiger partial charge in [0.2, 0.25) is 0 Å². The highest BCUT2D eigenvalue weighted by molar-refractivity contribution is 5.32. The average Bonchev–Trinajstić information content (AvgIpc) is 3.26. The topological polar surface area (TPSA) is 0 Å². The Bertz CT molecular complexity index is 565. The van der Waals surface area contributed by atoms with E-state index in [1.165, 1.54) is 37.7 Å². The van der Waals surface area contributed by atoms with Crippen LogP contribution in [0.25, 0.3) is 0 Å². The quantitative estimate of drug-likeness (QED) is 0.528. The Kier molecular flexibility index (Phi) is 3.67. The molecule has 6 unspecified atom stereocenters. The third-order valence-corrected chi connectivity index (χ3v) is 8.33. The Balaban J connectivity index is 1.75. The van der Waals surface area contributed by atoms with Crippen LogP contribution in [0.3, 0.4) is 0 Å². The summed E-state index contributed by atoms with van der Waals surface area (Å²) in [4.78, 5) is 0. The van der Waals surface area contributed by atoms with E-state index in [-0.39, 0.29) is 0 Å². The molecular weight excluding hydrogens is 276 g/mol. The van der Waals surface area contributed by atoms with E-state index in [4.69, 9.17) is 0 Å². The SMILES string of the molecule is C=C(C)[C@H]1C2CC2C2C3C=C/C(=C/C)C(CC)C3CC[C@@]21CC. The van der Waals surface area contributed by atoms with E-state index in [1.807, 2.05) is 0 Å². The molecule has 0 bridgehead atoms. The first-order valence-corrected chi connectivity index (χ1v) is 10.1. The molecule has 0 nitrogen and oxygen atoms in total. The van der Waals surface area contributed by atoms with Crippen molar-refractivity contribution < 1.29 is 0 Å². The predicted molar refractivity (Wildman–Crippen MR) is 99.0 cm³/mol. The van der Waals surface area contributed by atoms with Crippen molar-refractivity contribution in [3.05, 3.63) is 36.0 Å². The van der Waals surface area contributed by atoms with Crippen molar-refractivity contribution in [3.8, 4) is 0 Å². The lowest BCUT2D eigenvalue weighted by atomic mass is 9.50. The molecule has 0 aromatic heterocycles. The van der Waals surface area contributed by atoms with E-state index in [1.54, 1.807) is 5.57 Å². The number of rotatable bonds is 3. The van der Waals surface area contributed by atoms with Crippen molar-refractivity contribution in [1.82, 2.24) is 0 Å². The summed E-state index contributed by atoms with van der Waals surface area (Å²) in [6.45, 7) is 13.8. The predicted octanol–water partition coefficient (Wildman–Crippen LogP) is 6.41. The van der Waals surface area contributed by atoms with Crippen LogP contribution in [0, 0.1) is 46.8 Å². The summed E-state index contributed by atoms with van der Waals surface area (Å²) in [7, 11) is 0. The van der Waals surface area contributed by atoms with Gasteiger partial charge in [-0.05, 0) is 98.4 Å². The Morgan fingerprint density at radius 2 is 2.09 bits per heavy atom. The maximum absolute atomic E-state index is 4.43. The zero-order valence-electron chi connectivity index (χ0n) is 15.5. The first-order chi connectivity index (χ1) is 11.1. The smallest absolute Gasteiger partial charge is 0.0118 e. The Labute approximate surface area is 143 Å². The monoisotopic (exact) mass is 310 g/mol. The van der Waals surface area contributed by atoms with Crippen LogP contribution in [0.5, 0.6) is 0 Å². The van der Waals surface area contributed by atoms with Crippen LogP contribution in [0.4, 0.5) is 0 Å². The van der Waals surface area contributed by atoms with Crippen LogP contribution in [0.1, 0.15) is 59.8 Å². The number of hydrogen-bond donors (Lipinski definition) is 0. The fraction of sp³-hybridized carbons (Fsp3) is 0.739. The molecule has 0 saturated heterocycles. The van der Waals surface area contributed by atoms with Gasteiger partial charge in [-0.2, -0.15) is 0 Å². The number of allylic oxidation sites excluding steroid dienone is 5. The lowest BCUT2D eigenvalue weighted by molar-refractivity contribution is -0.0154. The second-order valence-electron chi connectivity index (χ2n) is 8.94. The number of hydrogen-bond acceptors (Lipinski definition) is 0. The van der Waals surface area contributed by atoms with Gasteiger partial charge in [-0.3, -0.25) is 0 Å². The highest BCUT2D eigenvalue weighted by atomic mass is 14.7. The molecule has 0 radical (unpaired) electrons. The summed E-state index contributed by atoms with van der Waals surface area (Å²) in [5, 5.41) is 0. The van der Waals surface area contributed by atoms with Gasteiger partial charge in [0.1, 0.15) is 0 Å². The van der Waals surface area contributed by atoms with E-state index in [9.17, 15) is 0 Å². The fourth-order valence-electron chi connectivity index (χ4n) is 7.64. The average molecular weight is 311 g/mol. The fourth-order valence-corrected chi connectivity index (χ4v) is 7.64. The lowest BCUT2D eigenvalue weighted by Gasteiger charge is -2.54. The molecule has 126 valence electrons. The zero-order chi connectivity index (χ0) is 16.4. The molecule has 0 aromatic carbocycles. The van der Waals surface area contributed by atoms with Crippen LogP contribution in [-0.4, -0.2) is 0 Å². The van der Waals surface area contributed by atoms with Crippen molar-refractivity contribution in [2.45, 2.75) is 59.8 Å². The van der Waals surface area contributed by atoms with Crippen LogP contribution < -0.4 is 0 Å². The maximum atomic E-state index is 4.43. The van der Waals surface area contributed by atoms with Gasteiger partial charge in [-0.25, -0.2) is 0 Å². The Morgan fingerprint density at radius 3 is 2.70 bits per heavy atom. The maximum Gasteiger partial charge on any atom is -0.0118 e. The largest absolute Gasteiger partial charge is 0.0998 e. The summed E-state index contributed by atoms with van der Waals surface area (Å²) in [5.74, 6) is 6.32. The molecule has 4 aliphatic carbocycles. The summed E-state index contributed by atoms with van der Waals surface area (Å²) < 4.78 is 0. The van der Waals surface area contributed by atoms with Gasteiger partial charge in [0.25, 0.3) is 0 Å². The van der Waals surface area contributed by atoms with E-state index in [0.717, 1.165) is 41.4 Å². The van der Waals surface area contributed by atoms with Gasteiger partial charge in [0.15, 0.2) is 0 Å². The van der Waals surface area contributed by atoms with Crippen LogP contribution >= 0.6 is 0 Å². The number of fused-ring (bicyclic) bond motifs is 5. The summed E-state index contributed by atoms with van der Waals surface area (Å²) in [5.41, 5.74) is 3.68. The Hall–Kier alpha value is -0.780. The van der Waals surface area contributed by atoms with Gasteiger partial charge in [0.05, 0.1) is 0 Å². The van der Waals surface area contributed by atoms with Crippen molar-refractivity contribution in [2.24, 2.45) is 46.8 Å². The van der Waals surface area contributed by atoms with Crippen LogP contribution in [0.2, 0.25) is 0 Å². The molecule has 0 aliphatic heterocycles. The lowest BCUT2D eigenvalue weighted by Crippen LogP contribution is -2.47. The van der Waals surface area contributed by atoms with Crippen LogP contribution in [0.15, 0.2) is 36.0 Å². The Morgan fingerprint density at radius 1 is 1.30 bits per heavy atom. The molecule has 4 rings (SSSR count). The molecule has 3 fully saturated rings. The molecule has 4 aliphatic rings. The standard InChI is InChI=1S/C23H34/c1-6-15-9-10-18-17(16(15)7-2)11-12-23(8-3)21(14(4)5)19-13-20(19)22(18)23/h6,9-10,16-22H,4,7-8,11-13H2,1-3,5H3/b15-6-/t16?,17?,18?,19?,20?,21-,22?,23+/m0/s1. The molecule has 8 atom stereocenters. The van der Waals surface area contributed by atoms with E-state index < -0.39 is 0 Å². The van der Waals surface area contributed by atoms with Gasteiger partial charge in [0, 0.05) is 0 Å². The van der Waals surface area contributed by atoms with E-state index >= 15 is 0 Å². The molecule has 3 saturated carbocycles.